The molecule has 1 aliphatic heterocycles. The van der Waals surface area contributed by atoms with Gasteiger partial charge in [0.2, 0.25) is 0 Å². The van der Waals surface area contributed by atoms with Crippen LogP contribution >= 0.6 is 0 Å². The maximum atomic E-state index is 11.9. The fourth-order valence-electron chi connectivity index (χ4n) is 2.18. The number of amides is 1. The number of nitrogens with one attached hydrogen (secondary N) is 1. The minimum atomic E-state index is -0.338. The molecule has 20 heavy (non-hydrogen) atoms. The second-order valence-corrected chi connectivity index (χ2v) is 4.55. The molecule has 2 aromatic rings. The third-order valence-corrected chi connectivity index (χ3v) is 3.15. The summed E-state index contributed by atoms with van der Waals surface area (Å²) in [6.07, 6.45) is 3.61. The Balaban J connectivity index is 1.59. The third-order valence-electron chi connectivity index (χ3n) is 3.15. The van der Waals surface area contributed by atoms with Crippen LogP contribution in [0.4, 0.5) is 5.82 Å². The summed E-state index contributed by atoms with van der Waals surface area (Å²) in [5.74, 6) is 0.668. The van der Waals surface area contributed by atoms with Crippen molar-refractivity contribution in [2.24, 2.45) is 0 Å². The van der Waals surface area contributed by atoms with Gasteiger partial charge in [0.25, 0.3) is 5.91 Å². The minimum absolute atomic E-state index is 0.0609. The number of anilines is 1. The van der Waals surface area contributed by atoms with Gasteiger partial charge >= 0.3 is 0 Å². The van der Waals surface area contributed by atoms with Crippen LogP contribution in [-0.2, 0) is 6.42 Å². The molecule has 1 aromatic heterocycles. The van der Waals surface area contributed by atoms with Gasteiger partial charge in [-0.25, -0.2) is 9.97 Å². The molecule has 6 heteroatoms. The van der Waals surface area contributed by atoms with Crippen LogP contribution in [0.1, 0.15) is 16.1 Å². The SMILES string of the molecule is Nc1nccnc1C(=O)NCC1Cc2ccccc2O1. The Hall–Kier alpha value is -2.63. The number of benzene rings is 1. The van der Waals surface area contributed by atoms with Crippen molar-refractivity contribution in [3.05, 3.63) is 47.9 Å². The number of nitrogens with two attached hydrogens (primary N) is 1. The zero-order valence-electron chi connectivity index (χ0n) is 10.7. The van der Waals surface area contributed by atoms with Crippen LogP contribution < -0.4 is 15.8 Å². The van der Waals surface area contributed by atoms with E-state index >= 15 is 0 Å². The Bertz CT molecular complexity index is 620. The maximum Gasteiger partial charge on any atom is 0.273 e. The lowest BCUT2D eigenvalue weighted by Crippen LogP contribution is -2.35. The molecule has 1 atom stereocenters. The molecule has 0 saturated carbocycles. The van der Waals surface area contributed by atoms with Crippen molar-refractivity contribution < 1.29 is 9.53 Å². The van der Waals surface area contributed by atoms with Gasteiger partial charge in [-0.2, -0.15) is 0 Å². The van der Waals surface area contributed by atoms with Crippen LogP contribution in [0.15, 0.2) is 36.7 Å². The quantitative estimate of drug-likeness (QED) is 0.860. The molecule has 3 rings (SSSR count). The van der Waals surface area contributed by atoms with Crippen molar-refractivity contribution in [2.75, 3.05) is 12.3 Å². The number of fused-ring (bicyclic) bond motifs is 1. The second kappa shape index (κ2) is 5.16. The zero-order valence-corrected chi connectivity index (χ0v) is 10.7. The van der Waals surface area contributed by atoms with E-state index in [1.807, 2.05) is 24.3 Å². The number of hydrogen-bond donors (Lipinski definition) is 2. The predicted molar refractivity (Wildman–Crippen MR) is 73.3 cm³/mol. The van der Waals surface area contributed by atoms with Gasteiger partial charge < -0.3 is 15.8 Å². The summed E-state index contributed by atoms with van der Waals surface area (Å²) in [6, 6.07) is 7.86. The number of nitrogen functional groups attached to an aromatic ring is 1. The van der Waals surface area contributed by atoms with E-state index in [4.69, 9.17) is 10.5 Å². The fraction of sp³-hybridized carbons (Fsp3) is 0.214. The number of carbonyl (C=O) groups is 1. The van der Waals surface area contributed by atoms with Crippen LogP contribution in [0.25, 0.3) is 0 Å². The van der Waals surface area contributed by atoms with Crippen molar-refractivity contribution >= 4 is 11.7 Å². The largest absolute Gasteiger partial charge is 0.488 e. The molecule has 6 nitrogen and oxygen atoms in total. The average Bonchev–Trinajstić information content (AvgIpc) is 2.88. The van der Waals surface area contributed by atoms with Crippen LogP contribution in [0.3, 0.4) is 0 Å². The van der Waals surface area contributed by atoms with Gasteiger partial charge in [0, 0.05) is 18.8 Å². The molecule has 1 aliphatic rings. The minimum Gasteiger partial charge on any atom is -0.488 e. The lowest BCUT2D eigenvalue weighted by atomic mass is 10.1. The first-order valence-electron chi connectivity index (χ1n) is 6.33. The van der Waals surface area contributed by atoms with E-state index in [9.17, 15) is 4.79 Å². The van der Waals surface area contributed by atoms with Crippen molar-refractivity contribution in [3.8, 4) is 5.75 Å². The molecular formula is C14H14N4O2. The monoisotopic (exact) mass is 270 g/mol. The molecular weight excluding hydrogens is 256 g/mol. The van der Waals surface area contributed by atoms with E-state index in [-0.39, 0.29) is 23.5 Å². The summed E-state index contributed by atoms with van der Waals surface area (Å²) in [6.45, 7) is 0.406. The highest BCUT2D eigenvalue weighted by atomic mass is 16.5. The van der Waals surface area contributed by atoms with Gasteiger partial charge in [-0.1, -0.05) is 18.2 Å². The van der Waals surface area contributed by atoms with Crippen molar-refractivity contribution in [1.29, 1.82) is 0 Å². The highest BCUT2D eigenvalue weighted by Gasteiger charge is 2.23. The van der Waals surface area contributed by atoms with Gasteiger partial charge in [0.1, 0.15) is 11.9 Å². The zero-order chi connectivity index (χ0) is 13.9. The second-order valence-electron chi connectivity index (χ2n) is 4.55. The van der Waals surface area contributed by atoms with Crippen molar-refractivity contribution in [3.63, 3.8) is 0 Å². The molecule has 0 radical (unpaired) electrons. The number of rotatable bonds is 3. The third kappa shape index (κ3) is 2.40. The average molecular weight is 270 g/mol. The Labute approximate surface area is 116 Å². The smallest absolute Gasteiger partial charge is 0.273 e. The summed E-state index contributed by atoms with van der Waals surface area (Å²) in [4.78, 5) is 19.7. The van der Waals surface area contributed by atoms with Crippen LogP contribution in [0, 0.1) is 0 Å². The van der Waals surface area contributed by atoms with Gasteiger partial charge in [-0.05, 0) is 11.6 Å². The molecule has 0 bridgehead atoms. The first-order chi connectivity index (χ1) is 9.74. The van der Waals surface area contributed by atoms with Gasteiger partial charge in [-0.15, -0.1) is 0 Å². The highest BCUT2D eigenvalue weighted by molar-refractivity contribution is 5.96. The molecule has 0 spiro atoms. The number of ether oxygens (including phenoxy) is 1. The molecule has 3 N–H and O–H groups in total. The summed E-state index contributed by atoms with van der Waals surface area (Å²) in [5.41, 5.74) is 6.91. The van der Waals surface area contributed by atoms with E-state index < -0.39 is 0 Å². The molecule has 102 valence electrons. The van der Waals surface area contributed by atoms with Crippen molar-refractivity contribution in [1.82, 2.24) is 15.3 Å². The predicted octanol–water partition coefficient (Wildman–Crippen LogP) is 0.792. The normalized spacial score (nSPS) is 16.3. The molecule has 1 amide bonds. The van der Waals surface area contributed by atoms with E-state index in [1.54, 1.807) is 0 Å². The summed E-state index contributed by atoms with van der Waals surface area (Å²) >= 11 is 0. The highest BCUT2D eigenvalue weighted by Crippen LogP contribution is 2.27. The molecule has 1 aromatic carbocycles. The van der Waals surface area contributed by atoms with E-state index in [1.165, 1.54) is 12.4 Å². The number of carbonyl (C=O) groups excluding carboxylic acids is 1. The molecule has 0 saturated heterocycles. The lowest BCUT2D eigenvalue weighted by molar-refractivity contribution is 0.0929. The van der Waals surface area contributed by atoms with Gasteiger partial charge in [0.15, 0.2) is 11.5 Å². The Morgan fingerprint density at radius 1 is 1.35 bits per heavy atom. The standard InChI is InChI=1S/C14H14N4O2/c15-13-12(16-5-6-17-13)14(19)18-8-10-7-9-3-1-2-4-11(9)20-10/h1-6,10H,7-8H2,(H2,15,17)(H,18,19). The number of nitrogens with zero attached hydrogens (tertiary/aromatic N) is 2. The molecule has 0 fully saturated rings. The van der Waals surface area contributed by atoms with Gasteiger partial charge in [-0.3, -0.25) is 4.79 Å². The lowest BCUT2D eigenvalue weighted by Gasteiger charge is -2.12. The summed E-state index contributed by atoms with van der Waals surface area (Å²) in [7, 11) is 0. The van der Waals surface area contributed by atoms with Crippen LogP contribution in [0.5, 0.6) is 5.75 Å². The summed E-state index contributed by atoms with van der Waals surface area (Å²) in [5, 5.41) is 2.77. The number of aromatic nitrogens is 2. The van der Waals surface area contributed by atoms with Crippen molar-refractivity contribution in [2.45, 2.75) is 12.5 Å². The Morgan fingerprint density at radius 2 is 2.15 bits per heavy atom. The number of hydrogen-bond acceptors (Lipinski definition) is 5. The number of para-hydroxylation sites is 1. The first-order valence-corrected chi connectivity index (χ1v) is 6.33. The maximum absolute atomic E-state index is 11.9. The molecule has 0 aliphatic carbocycles. The molecule has 1 unspecified atom stereocenters. The first kappa shape index (κ1) is 12.4. The van der Waals surface area contributed by atoms with Gasteiger partial charge in [0.05, 0.1) is 6.54 Å². The van der Waals surface area contributed by atoms with E-state index in [2.05, 4.69) is 15.3 Å². The Morgan fingerprint density at radius 3 is 2.95 bits per heavy atom. The Kier molecular flexibility index (Phi) is 3.20. The summed E-state index contributed by atoms with van der Waals surface area (Å²) < 4.78 is 5.74. The topological polar surface area (TPSA) is 90.1 Å². The molecule has 2 heterocycles. The van der Waals surface area contributed by atoms with Crippen LogP contribution in [-0.4, -0.2) is 28.5 Å². The van der Waals surface area contributed by atoms with E-state index in [0.717, 1.165) is 17.7 Å². The van der Waals surface area contributed by atoms with E-state index in [0.29, 0.717) is 6.54 Å². The van der Waals surface area contributed by atoms with Crippen LogP contribution in [0.2, 0.25) is 0 Å². The fourth-order valence-corrected chi connectivity index (χ4v) is 2.18.